The van der Waals surface area contributed by atoms with E-state index in [4.69, 9.17) is 9.47 Å². The molecule has 2 aromatic rings. The lowest BCUT2D eigenvalue weighted by molar-refractivity contribution is -0.141. The van der Waals surface area contributed by atoms with E-state index in [1.165, 1.54) is 7.11 Å². The maximum absolute atomic E-state index is 12.5. The topological polar surface area (TPSA) is 64.6 Å². The number of ether oxygens (including phenoxy) is 2. The van der Waals surface area contributed by atoms with Gasteiger partial charge in [0, 0.05) is 10.0 Å². The molecule has 0 saturated carbocycles. The van der Waals surface area contributed by atoms with Crippen molar-refractivity contribution in [2.75, 3.05) is 14.2 Å². The van der Waals surface area contributed by atoms with Gasteiger partial charge in [-0.1, -0.05) is 34.1 Å². The van der Waals surface area contributed by atoms with Crippen molar-refractivity contribution in [3.8, 4) is 5.75 Å². The van der Waals surface area contributed by atoms with E-state index in [2.05, 4.69) is 21.2 Å². The van der Waals surface area contributed by atoms with Crippen LogP contribution in [-0.4, -0.2) is 26.1 Å². The summed E-state index contributed by atoms with van der Waals surface area (Å²) in [6, 6.07) is 13.8. The summed E-state index contributed by atoms with van der Waals surface area (Å²) in [5.41, 5.74) is 1.28. The highest BCUT2D eigenvalue weighted by atomic mass is 79.9. The summed E-state index contributed by atoms with van der Waals surface area (Å²) in [5.74, 6) is -0.0876. The van der Waals surface area contributed by atoms with Crippen LogP contribution >= 0.6 is 15.9 Å². The van der Waals surface area contributed by atoms with Gasteiger partial charge in [0.05, 0.1) is 26.7 Å². The van der Waals surface area contributed by atoms with Gasteiger partial charge in [0.15, 0.2) is 0 Å². The van der Waals surface area contributed by atoms with Gasteiger partial charge in [-0.25, -0.2) is 0 Å². The first-order valence-electron chi connectivity index (χ1n) is 7.30. The summed E-state index contributed by atoms with van der Waals surface area (Å²) >= 11 is 3.37. The summed E-state index contributed by atoms with van der Waals surface area (Å²) in [4.78, 5) is 24.2. The van der Waals surface area contributed by atoms with E-state index < -0.39 is 12.0 Å². The molecule has 0 heterocycles. The predicted octanol–water partition coefficient (Wildman–Crippen LogP) is 3.49. The van der Waals surface area contributed by atoms with Crippen LogP contribution in [0.5, 0.6) is 5.75 Å². The summed E-state index contributed by atoms with van der Waals surface area (Å²) in [6.45, 7) is 0. The highest BCUT2D eigenvalue weighted by Crippen LogP contribution is 2.21. The Bertz CT molecular complexity index is 715. The van der Waals surface area contributed by atoms with Crippen LogP contribution in [0, 0.1) is 0 Å². The van der Waals surface area contributed by atoms with Gasteiger partial charge in [0.25, 0.3) is 5.91 Å². The van der Waals surface area contributed by atoms with Gasteiger partial charge in [0.1, 0.15) is 5.75 Å². The van der Waals surface area contributed by atoms with Crippen LogP contribution in [0.3, 0.4) is 0 Å². The molecule has 0 fully saturated rings. The predicted molar refractivity (Wildman–Crippen MR) is 94.0 cm³/mol. The molecule has 0 spiro atoms. The van der Waals surface area contributed by atoms with Crippen LogP contribution in [0.15, 0.2) is 53.0 Å². The van der Waals surface area contributed by atoms with Crippen molar-refractivity contribution in [1.29, 1.82) is 0 Å². The normalized spacial score (nSPS) is 11.5. The van der Waals surface area contributed by atoms with Crippen molar-refractivity contribution in [3.63, 3.8) is 0 Å². The van der Waals surface area contributed by atoms with Gasteiger partial charge in [-0.05, 0) is 35.9 Å². The van der Waals surface area contributed by atoms with Gasteiger partial charge in [-0.2, -0.15) is 0 Å². The Kier molecular flexibility index (Phi) is 6.37. The third-order valence-corrected chi connectivity index (χ3v) is 4.04. The monoisotopic (exact) mass is 391 g/mol. The number of esters is 1. The molecule has 1 unspecified atom stereocenters. The molecule has 6 heteroatoms. The fourth-order valence-electron chi connectivity index (χ4n) is 2.20. The van der Waals surface area contributed by atoms with E-state index in [9.17, 15) is 9.59 Å². The zero-order valence-corrected chi connectivity index (χ0v) is 15.0. The molecule has 2 rings (SSSR count). The Labute approximate surface area is 149 Å². The number of amides is 1. The maximum atomic E-state index is 12.5. The lowest BCUT2D eigenvalue weighted by atomic mass is 10.0. The first kappa shape index (κ1) is 18.0. The van der Waals surface area contributed by atoms with Crippen molar-refractivity contribution < 1.29 is 19.1 Å². The Hall–Kier alpha value is -2.34. The minimum absolute atomic E-state index is 0.0494. The van der Waals surface area contributed by atoms with Crippen molar-refractivity contribution in [3.05, 3.63) is 64.1 Å². The lowest BCUT2D eigenvalue weighted by Gasteiger charge is -2.18. The number of halogens is 1. The van der Waals surface area contributed by atoms with Gasteiger partial charge < -0.3 is 14.8 Å². The molecule has 0 bridgehead atoms. The van der Waals surface area contributed by atoms with Gasteiger partial charge >= 0.3 is 5.97 Å². The molecule has 24 heavy (non-hydrogen) atoms. The minimum atomic E-state index is -0.482. The number of benzene rings is 2. The largest absolute Gasteiger partial charge is 0.497 e. The fraction of sp³-hybridized carbons (Fsp3) is 0.222. The molecule has 0 aliphatic carbocycles. The molecular formula is C18H18BrNO4. The Morgan fingerprint density at radius 3 is 2.46 bits per heavy atom. The van der Waals surface area contributed by atoms with Crippen LogP contribution in [-0.2, 0) is 9.53 Å². The number of rotatable bonds is 6. The van der Waals surface area contributed by atoms with E-state index in [0.29, 0.717) is 11.3 Å². The average Bonchev–Trinajstić information content (AvgIpc) is 2.61. The minimum Gasteiger partial charge on any atom is -0.497 e. The maximum Gasteiger partial charge on any atom is 0.307 e. The van der Waals surface area contributed by atoms with Gasteiger partial charge in [-0.3, -0.25) is 9.59 Å². The molecule has 1 atom stereocenters. The zero-order chi connectivity index (χ0) is 17.5. The van der Waals surface area contributed by atoms with Gasteiger partial charge in [-0.15, -0.1) is 0 Å². The van der Waals surface area contributed by atoms with E-state index in [1.54, 1.807) is 31.4 Å². The molecule has 5 nitrogen and oxygen atoms in total. The number of carbonyl (C=O) groups is 2. The molecule has 2 aromatic carbocycles. The second-order valence-electron chi connectivity index (χ2n) is 5.09. The van der Waals surface area contributed by atoms with E-state index in [1.807, 2.05) is 24.3 Å². The highest BCUT2D eigenvalue weighted by molar-refractivity contribution is 9.10. The fourth-order valence-corrected chi connectivity index (χ4v) is 2.47. The number of nitrogens with one attached hydrogen (secondary N) is 1. The molecule has 0 saturated heterocycles. The zero-order valence-electron chi connectivity index (χ0n) is 13.4. The highest BCUT2D eigenvalue weighted by Gasteiger charge is 2.20. The van der Waals surface area contributed by atoms with Crippen LogP contribution in [0.25, 0.3) is 0 Å². The smallest absolute Gasteiger partial charge is 0.307 e. The van der Waals surface area contributed by atoms with Crippen LogP contribution < -0.4 is 10.1 Å². The molecule has 1 amide bonds. The summed E-state index contributed by atoms with van der Waals surface area (Å²) in [5, 5.41) is 2.87. The third-order valence-electron chi connectivity index (χ3n) is 3.51. The molecule has 0 aliphatic heterocycles. The van der Waals surface area contributed by atoms with E-state index in [-0.39, 0.29) is 12.3 Å². The van der Waals surface area contributed by atoms with Crippen LogP contribution in [0.2, 0.25) is 0 Å². The molecule has 0 radical (unpaired) electrons. The number of carbonyl (C=O) groups excluding carboxylic acids is 2. The molecular weight excluding hydrogens is 374 g/mol. The summed E-state index contributed by atoms with van der Waals surface area (Å²) < 4.78 is 10.8. The quantitative estimate of drug-likeness (QED) is 0.765. The molecule has 1 N–H and O–H groups in total. The van der Waals surface area contributed by atoms with Gasteiger partial charge in [0.2, 0.25) is 0 Å². The van der Waals surface area contributed by atoms with E-state index >= 15 is 0 Å². The van der Waals surface area contributed by atoms with Crippen LogP contribution in [0.4, 0.5) is 0 Å². The first-order valence-corrected chi connectivity index (χ1v) is 8.10. The average molecular weight is 392 g/mol. The molecule has 126 valence electrons. The second kappa shape index (κ2) is 8.49. The molecule has 0 aromatic heterocycles. The van der Waals surface area contributed by atoms with E-state index in [0.717, 1.165) is 10.0 Å². The SMILES string of the molecule is COC(=O)CC(NC(=O)c1cccc(OC)c1)c1ccc(Br)cc1. The van der Waals surface area contributed by atoms with Crippen LogP contribution in [0.1, 0.15) is 28.4 Å². The first-order chi connectivity index (χ1) is 11.5. The number of methoxy groups -OCH3 is 2. The Balaban J connectivity index is 2.21. The van der Waals surface area contributed by atoms with Crippen molar-refractivity contribution in [1.82, 2.24) is 5.32 Å². The van der Waals surface area contributed by atoms with Crippen molar-refractivity contribution in [2.45, 2.75) is 12.5 Å². The van der Waals surface area contributed by atoms with Crippen molar-refractivity contribution in [2.24, 2.45) is 0 Å². The number of hydrogen-bond donors (Lipinski definition) is 1. The Morgan fingerprint density at radius 1 is 1.12 bits per heavy atom. The summed E-state index contributed by atoms with van der Waals surface area (Å²) in [7, 11) is 2.86. The summed E-state index contributed by atoms with van der Waals surface area (Å²) in [6.07, 6.45) is 0.0494. The Morgan fingerprint density at radius 2 is 1.83 bits per heavy atom. The number of hydrogen-bond acceptors (Lipinski definition) is 4. The standard InChI is InChI=1S/C18H18BrNO4/c1-23-15-5-3-4-13(10-15)18(22)20-16(11-17(21)24-2)12-6-8-14(19)9-7-12/h3-10,16H,11H2,1-2H3,(H,20,22). The second-order valence-corrected chi connectivity index (χ2v) is 6.01. The lowest BCUT2D eigenvalue weighted by Crippen LogP contribution is -2.30. The third kappa shape index (κ3) is 4.83. The van der Waals surface area contributed by atoms with Crippen molar-refractivity contribution >= 4 is 27.8 Å². The molecule has 0 aliphatic rings.